The van der Waals surface area contributed by atoms with Crippen molar-refractivity contribution in [1.82, 2.24) is 14.6 Å². The molecule has 6 heteroatoms. The van der Waals surface area contributed by atoms with Crippen LogP contribution < -0.4 is 5.32 Å². The third-order valence-corrected chi connectivity index (χ3v) is 3.44. The van der Waals surface area contributed by atoms with E-state index >= 15 is 0 Å². The molecule has 3 aromatic rings. The molecule has 0 aliphatic rings. The lowest BCUT2D eigenvalue weighted by Gasteiger charge is -2.09. The van der Waals surface area contributed by atoms with E-state index in [1.807, 2.05) is 13.8 Å². The third-order valence-electron chi connectivity index (χ3n) is 3.21. The number of aromatic nitrogens is 3. The fourth-order valence-electron chi connectivity index (χ4n) is 2.14. The second-order valence-corrected chi connectivity index (χ2v) is 5.23. The number of aryl methyl sites for hydroxylation is 2. The van der Waals surface area contributed by atoms with Gasteiger partial charge in [-0.1, -0.05) is 11.6 Å². The van der Waals surface area contributed by atoms with Crippen molar-refractivity contribution in [3.8, 4) is 0 Å². The number of benzene rings is 1. The Morgan fingerprint density at radius 1 is 1.24 bits per heavy atom. The number of nitrogens with zero attached hydrogens (tertiary/aromatic N) is 3. The van der Waals surface area contributed by atoms with Crippen LogP contribution in [0.3, 0.4) is 0 Å². The van der Waals surface area contributed by atoms with Gasteiger partial charge in [-0.05, 0) is 43.7 Å². The minimum atomic E-state index is -0.257. The van der Waals surface area contributed by atoms with E-state index in [-0.39, 0.29) is 5.91 Å². The van der Waals surface area contributed by atoms with Crippen molar-refractivity contribution in [2.24, 2.45) is 0 Å². The summed E-state index contributed by atoms with van der Waals surface area (Å²) in [5, 5.41) is 7.62. The number of carbonyl (C=O) groups excluding carboxylic acids is 1. The Kier molecular flexibility index (Phi) is 3.35. The summed E-state index contributed by atoms with van der Waals surface area (Å²) in [7, 11) is 0. The van der Waals surface area contributed by atoms with E-state index in [1.165, 1.54) is 0 Å². The second kappa shape index (κ2) is 5.18. The first-order valence-electron chi connectivity index (χ1n) is 6.43. The number of hydrogen-bond donors (Lipinski definition) is 1. The number of hydrogen-bond acceptors (Lipinski definition) is 3. The van der Waals surface area contributed by atoms with Gasteiger partial charge in [-0.2, -0.15) is 5.10 Å². The fraction of sp³-hybridized carbons (Fsp3) is 0.133. The van der Waals surface area contributed by atoms with Crippen LogP contribution in [0.15, 0.2) is 36.5 Å². The van der Waals surface area contributed by atoms with Gasteiger partial charge >= 0.3 is 0 Å². The van der Waals surface area contributed by atoms with Crippen LogP contribution in [0.5, 0.6) is 0 Å². The van der Waals surface area contributed by atoms with Gasteiger partial charge < -0.3 is 5.32 Å². The van der Waals surface area contributed by atoms with Gasteiger partial charge in [0.15, 0.2) is 5.65 Å². The van der Waals surface area contributed by atoms with Crippen LogP contribution in [0.2, 0.25) is 5.02 Å². The molecule has 0 unspecified atom stereocenters. The summed E-state index contributed by atoms with van der Waals surface area (Å²) in [6.45, 7) is 3.77. The minimum Gasteiger partial charge on any atom is -0.320 e. The predicted molar refractivity (Wildman–Crippen MR) is 81.9 cm³/mol. The average molecular weight is 301 g/mol. The fourth-order valence-corrected chi connectivity index (χ4v) is 2.36. The van der Waals surface area contributed by atoms with Crippen LogP contribution in [0.1, 0.15) is 21.7 Å². The van der Waals surface area contributed by atoms with Gasteiger partial charge in [0.2, 0.25) is 0 Å². The Bertz CT molecular complexity index is 841. The van der Waals surface area contributed by atoms with Crippen LogP contribution in [-0.4, -0.2) is 20.5 Å². The minimum absolute atomic E-state index is 0.257. The molecule has 0 saturated heterocycles. The van der Waals surface area contributed by atoms with Gasteiger partial charge in [0.25, 0.3) is 5.91 Å². The van der Waals surface area contributed by atoms with Gasteiger partial charge in [0.05, 0.1) is 6.20 Å². The first kappa shape index (κ1) is 13.6. The number of nitrogens with one attached hydrogen (secondary N) is 1. The average Bonchev–Trinajstić information content (AvgIpc) is 2.90. The number of fused-ring (bicyclic) bond motifs is 1. The number of anilines is 1. The Balaban J connectivity index is 1.93. The Labute approximate surface area is 126 Å². The van der Waals surface area contributed by atoms with Crippen molar-refractivity contribution in [2.75, 3.05) is 5.32 Å². The summed E-state index contributed by atoms with van der Waals surface area (Å²) in [5.74, 6) is -0.257. The van der Waals surface area contributed by atoms with Crippen LogP contribution >= 0.6 is 11.6 Å². The molecular weight excluding hydrogens is 288 g/mol. The quantitative estimate of drug-likeness (QED) is 0.790. The molecule has 3 rings (SSSR count). The third kappa shape index (κ3) is 2.60. The topological polar surface area (TPSA) is 59.3 Å². The van der Waals surface area contributed by atoms with E-state index in [1.54, 1.807) is 41.0 Å². The molecule has 1 amide bonds. The molecule has 0 atom stereocenters. The SMILES string of the molecule is Cc1cc(Cl)ccc1NC(=O)c1cc(C)n2nccc2n1. The predicted octanol–water partition coefficient (Wildman–Crippen LogP) is 3.25. The highest BCUT2D eigenvalue weighted by Crippen LogP contribution is 2.20. The van der Waals surface area contributed by atoms with E-state index < -0.39 is 0 Å². The smallest absolute Gasteiger partial charge is 0.274 e. The summed E-state index contributed by atoms with van der Waals surface area (Å²) in [4.78, 5) is 16.6. The van der Waals surface area contributed by atoms with E-state index in [2.05, 4.69) is 15.4 Å². The van der Waals surface area contributed by atoms with Crippen molar-refractivity contribution in [3.63, 3.8) is 0 Å². The van der Waals surface area contributed by atoms with Crippen LogP contribution in [-0.2, 0) is 0 Å². The first-order chi connectivity index (χ1) is 10.0. The Morgan fingerprint density at radius 3 is 2.81 bits per heavy atom. The lowest BCUT2D eigenvalue weighted by atomic mass is 10.2. The van der Waals surface area contributed by atoms with Gasteiger partial charge in [-0.25, -0.2) is 9.50 Å². The van der Waals surface area contributed by atoms with Crippen molar-refractivity contribution in [1.29, 1.82) is 0 Å². The van der Waals surface area contributed by atoms with E-state index in [0.717, 1.165) is 16.9 Å². The van der Waals surface area contributed by atoms with Crippen LogP contribution in [0, 0.1) is 13.8 Å². The zero-order valence-electron chi connectivity index (χ0n) is 11.6. The summed E-state index contributed by atoms with van der Waals surface area (Å²) in [6, 6.07) is 8.79. The van der Waals surface area contributed by atoms with Crippen molar-refractivity contribution in [3.05, 3.63) is 58.5 Å². The molecule has 0 radical (unpaired) electrons. The lowest BCUT2D eigenvalue weighted by Crippen LogP contribution is -2.15. The second-order valence-electron chi connectivity index (χ2n) is 4.80. The number of rotatable bonds is 2. The zero-order valence-corrected chi connectivity index (χ0v) is 12.3. The van der Waals surface area contributed by atoms with Gasteiger partial charge in [0, 0.05) is 22.5 Å². The Hall–Kier alpha value is -2.40. The van der Waals surface area contributed by atoms with Crippen LogP contribution in [0.25, 0.3) is 5.65 Å². The van der Waals surface area contributed by atoms with E-state index in [4.69, 9.17) is 11.6 Å². The summed E-state index contributed by atoms with van der Waals surface area (Å²) in [5.41, 5.74) is 3.47. The largest absolute Gasteiger partial charge is 0.320 e. The highest BCUT2D eigenvalue weighted by atomic mass is 35.5. The highest BCUT2D eigenvalue weighted by Gasteiger charge is 2.12. The molecule has 0 spiro atoms. The van der Waals surface area contributed by atoms with Crippen molar-refractivity contribution < 1.29 is 4.79 Å². The highest BCUT2D eigenvalue weighted by molar-refractivity contribution is 6.30. The van der Waals surface area contributed by atoms with E-state index in [0.29, 0.717) is 16.4 Å². The molecular formula is C15H13ClN4O. The zero-order chi connectivity index (χ0) is 15.0. The van der Waals surface area contributed by atoms with Gasteiger partial charge in [-0.3, -0.25) is 4.79 Å². The van der Waals surface area contributed by atoms with E-state index in [9.17, 15) is 4.79 Å². The summed E-state index contributed by atoms with van der Waals surface area (Å²) < 4.78 is 1.68. The molecule has 0 aliphatic heterocycles. The van der Waals surface area contributed by atoms with Gasteiger partial charge in [0.1, 0.15) is 5.69 Å². The molecule has 5 nitrogen and oxygen atoms in total. The maximum atomic E-state index is 12.3. The van der Waals surface area contributed by atoms with Crippen molar-refractivity contribution in [2.45, 2.75) is 13.8 Å². The molecule has 2 heterocycles. The van der Waals surface area contributed by atoms with Gasteiger partial charge in [-0.15, -0.1) is 0 Å². The molecule has 106 valence electrons. The first-order valence-corrected chi connectivity index (χ1v) is 6.81. The standard InChI is InChI=1S/C15H13ClN4O/c1-9-7-11(16)3-4-12(9)19-15(21)13-8-10(2)20-14(18-13)5-6-17-20/h3-8H,1-2H3,(H,19,21). The maximum Gasteiger partial charge on any atom is 0.274 e. The Morgan fingerprint density at radius 2 is 2.05 bits per heavy atom. The molecule has 0 bridgehead atoms. The molecule has 21 heavy (non-hydrogen) atoms. The molecule has 1 aromatic carbocycles. The summed E-state index contributed by atoms with van der Waals surface area (Å²) in [6.07, 6.45) is 1.65. The molecule has 1 N–H and O–H groups in total. The number of amides is 1. The van der Waals surface area contributed by atoms with Crippen LogP contribution in [0.4, 0.5) is 5.69 Å². The molecule has 0 saturated carbocycles. The summed E-state index contributed by atoms with van der Waals surface area (Å²) >= 11 is 5.91. The number of carbonyl (C=O) groups is 1. The normalized spacial score (nSPS) is 10.8. The maximum absolute atomic E-state index is 12.3. The van der Waals surface area contributed by atoms with Crippen molar-refractivity contribution >= 4 is 28.8 Å². The molecule has 0 fully saturated rings. The number of halogens is 1. The molecule has 0 aliphatic carbocycles. The lowest BCUT2D eigenvalue weighted by molar-refractivity contribution is 0.102. The monoisotopic (exact) mass is 300 g/mol. The molecule has 2 aromatic heterocycles.